The maximum absolute atomic E-state index is 14.0. The average Bonchev–Trinajstić information content (AvgIpc) is 3.23. The van der Waals surface area contributed by atoms with Crippen LogP contribution in [0.25, 0.3) is 10.9 Å². The second-order valence-electron chi connectivity index (χ2n) is 8.68. The first-order chi connectivity index (χ1) is 17.6. The molecular weight excluding hydrogens is 541 g/mol. The molecule has 0 saturated heterocycles. The van der Waals surface area contributed by atoms with E-state index in [1.165, 1.54) is 18.2 Å². The molecule has 38 heavy (non-hydrogen) atoms. The minimum atomic E-state index is -5.30. The maximum atomic E-state index is 14.0. The van der Waals surface area contributed by atoms with Gasteiger partial charge in [-0.25, -0.2) is 4.39 Å². The van der Waals surface area contributed by atoms with E-state index < -0.39 is 52.2 Å². The number of anilines is 1. The van der Waals surface area contributed by atoms with E-state index in [-0.39, 0.29) is 16.7 Å². The van der Waals surface area contributed by atoms with E-state index in [1.54, 1.807) is 6.20 Å². The smallest absolute Gasteiger partial charge is 0.420 e. The largest absolute Gasteiger partial charge is 0.456 e. The van der Waals surface area contributed by atoms with Gasteiger partial charge >= 0.3 is 12.4 Å². The molecule has 0 radical (unpaired) electrons. The number of halogens is 8. The molecule has 12 heteroatoms. The van der Waals surface area contributed by atoms with E-state index in [1.807, 2.05) is 19.2 Å². The lowest BCUT2D eigenvalue weighted by atomic mass is 10.0. The number of H-pyrrole nitrogens is 1. The summed E-state index contributed by atoms with van der Waals surface area (Å²) in [6, 6.07) is 7.35. The van der Waals surface area contributed by atoms with Crippen LogP contribution in [0.4, 0.5) is 36.4 Å². The summed E-state index contributed by atoms with van der Waals surface area (Å²) >= 11 is 5.83. The maximum Gasteiger partial charge on any atom is 0.420 e. The zero-order valence-electron chi connectivity index (χ0n) is 19.6. The van der Waals surface area contributed by atoms with Gasteiger partial charge in [0.05, 0.1) is 10.6 Å². The Morgan fingerprint density at radius 1 is 0.947 bits per heavy atom. The molecule has 3 aromatic carbocycles. The van der Waals surface area contributed by atoms with Crippen LogP contribution in [-0.4, -0.2) is 10.9 Å². The number of aromatic amines is 1. The van der Waals surface area contributed by atoms with Crippen LogP contribution in [0.1, 0.15) is 46.8 Å². The van der Waals surface area contributed by atoms with E-state index in [0.717, 1.165) is 17.7 Å². The lowest BCUT2D eigenvalue weighted by Gasteiger charge is -2.21. The van der Waals surface area contributed by atoms with Gasteiger partial charge < -0.3 is 15.0 Å². The molecular formula is C26H18ClF7N2O2. The van der Waals surface area contributed by atoms with Crippen LogP contribution in [-0.2, 0) is 12.4 Å². The van der Waals surface area contributed by atoms with Gasteiger partial charge in [0.1, 0.15) is 22.7 Å². The topological polar surface area (TPSA) is 54.1 Å². The number of alkyl halides is 6. The number of rotatable bonds is 5. The summed E-state index contributed by atoms with van der Waals surface area (Å²) < 4.78 is 103. The van der Waals surface area contributed by atoms with Gasteiger partial charge in [-0.1, -0.05) is 25.4 Å². The Morgan fingerprint density at radius 2 is 1.58 bits per heavy atom. The Balaban J connectivity index is 1.82. The lowest BCUT2D eigenvalue weighted by molar-refractivity contribution is -0.144. The Morgan fingerprint density at radius 3 is 2.16 bits per heavy atom. The van der Waals surface area contributed by atoms with Crippen LogP contribution in [0.3, 0.4) is 0 Å². The summed E-state index contributed by atoms with van der Waals surface area (Å²) in [5, 5.41) is 2.26. The van der Waals surface area contributed by atoms with Crippen LogP contribution in [0.2, 0.25) is 5.02 Å². The van der Waals surface area contributed by atoms with Crippen molar-refractivity contribution in [3.05, 3.63) is 87.8 Å². The van der Waals surface area contributed by atoms with Crippen molar-refractivity contribution in [2.75, 3.05) is 5.32 Å². The molecule has 0 fully saturated rings. The van der Waals surface area contributed by atoms with E-state index in [0.29, 0.717) is 29.1 Å². The molecule has 0 unspecified atom stereocenters. The van der Waals surface area contributed by atoms with Crippen LogP contribution < -0.4 is 10.1 Å². The Labute approximate surface area is 216 Å². The van der Waals surface area contributed by atoms with Gasteiger partial charge in [-0.2, -0.15) is 26.3 Å². The highest BCUT2D eigenvalue weighted by Crippen LogP contribution is 2.48. The van der Waals surface area contributed by atoms with Gasteiger partial charge in [-0.05, 0) is 60.0 Å². The molecule has 2 N–H and O–H groups in total. The highest BCUT2D eigenvalue weighted by Gasteiger charge is 2.43. The predicted molar refractivity (Wildman–Crippen MR) is 128 cm³/mol. The van der Waals surface area contributed by atoms with Crippen molar-refractivity contribution in [3.63, 3.8) is 0 Å². The number of fused-ring (bicyclic) bond motifs is 1. The number of aromatic nitrogens is 1. The first-order valence-electron chi connectivity index (χ1n) is 11.0. The summed E-state index contributed by atoms with van der Waals surface area (Å²) in [5.74, 6) is -3.80. The van der Waals surface area contributed by atoms with E-state index in [4.69, 9.17) is 16.3 Å². The van der Waals surface area contributed by atoms with E-state index in [2.05, 4.69) is 4.98 Å². The molecule has 0 aliphatic heterocycles. The zero-order valence-corrected chi connectivity index (χ0v) is 20.4. The fraction of sp³-hybridized carbons (Fsp3) is 0.192. The third-order valence-electron chi connectivity index (χ3n) is 5.66. The second-order valence-corrected chi connectivity index (χ2v) is 9.09. The van der Waals surface area contributed by atoms with Gasteiger partial charge in [0.15, 0.2) is 5.75 Å². The molecule has 1 amide bonds. The summed E-state index contributed by atoms with van der Waals surface area (Å²) in [6.45, 7) is 3.76. The first-order valence-corrected chi connectivity index (χ1v) is 11.4. The minimum absolute atomic E-state index is 0.0185. The fourth-order valence-corrected chi connectivity index (χ4v) is 4.09. The Hall–Kier alpha value is -3.73. The number of amides is 1. The molecule has 0 spiro atoms. The van der Waals surface area contributed by atoms with E-state index in [9.17, 15) is 35.5 Å². The van der Waals surface area contributed by atoms with Crippen LogP contribution in [0, 0.1) is 5.82 Å². The van der Waals surface area contributed by atoms with Crippen molar-refractivity contribution in [3.8, 4) is 11.5 Å². The average molecular weight is 559 g/mol. The van der Waals surface area contributed by atoms with Crippen molar-refractivity contribution in [1.29, 1.82) is 0 Å². The number of benzene rings is 3. The number of nitrogens with one attached hydrogen (secondary N) is 2. The molecule has 0 bridgehead atoms. The number of carbonyl (C=O) groups excluding carboxylic acids is 1. The van der Waals surface area contributed by atoms with Crippen molar-refractivity contribution < 1.29 is 40.3 Å². The third-order valence-corrected chi connectivity index (χ3v) is 5.99. The molecule has 4 rings (SSSR count). The first kappa shape index (κ1) is 27.3. The monoisotopic (exact) mass is 558 g/mol. The summed E-state index contributed by atoms with van der Waals surface area (Å²) in [5.41, 5.74) is -3.44. The molecule has 1 heterocycles. The molecule has 1 aromatic heterocycles. The van der Waals surface area contributed by atoms with Crippen molar-refractivity contribution in [1.82, 2.24) is 4.98 Å². The molecule has 0 aliphatic rings. The van der Waals surface area contributed by atoms with Gasteiger partial charge in [-0.15, -0.1) is 0 Å². The normalized spacial score (nSPS) is 12.3. The molecule has 4 aromatic rings. The summed E-state index contributed by atoms with van der Waals surface area (Å²) in [6.07, 6.45) is -8.90. The Kier molecular flexibility index (Phi) is 7.09. The second kappa shape index (κ2) is 9.86. The van der Waals surface area contributed by atoms with Gasteiger partial charge in [0.25, 0.3) is 5.91 Å². The summed E-state index contributed by atoms with van der Waals surface area (Å²) in [7, 11) is 0. The van der Waals surface area contributed by atoms with Crippen LogP contribution in [0.5, 0.6) is 11.5 Å². The lowest BCUT2D eigenvalue weighted by Crippen LogP contribution is -2.18. The Bertz CT molecular complexity index is 1490. The summed E-state index contributed by atoms with van der Waals surface area (Å²) in [4.78, 5) is 15.5. The molecule has 0 saturated carbocycles. The van der Waals surface area contributed by atoms with Gasteiger partial charge in [0.2, 0.25) is 0 Å². The minimum Gasteiger partial charge on any atom is -0.456 e. The van der Waals surface area contributed by atoms with E-state index >= 15 is 0 Å². The molecule has 0 atom stereocenters. The third kappa shape index (κ3) is 5.57. The molecule has 200 valence electrons. The van der Waals surface area contributed by atoms with Crippen molar-refractivity contribution >= 4 is 34.1 Å². The fourth-order valence-electron chi connectivity index (χ4n) is 3.88. The standard InChI is InChI=1S/C26H18ClF7N2O2/c1-12(2)18-11-35-22-6-4-15(10-16(18)22)38-23-19(25(29,30)31)8-14(9-20(23)26(32,33)34)36-24(37)17-7-13(28)3-5-21(17)27/h3-12,35H,1-2H3,(H,36,37). The highest BCUT2D eigenvalue weighted by molar-refractivity contribution is 6.34. The quantitative estimate of drug-likeness (QED) is 0.240. The zero-order chi connectivity index (χ0) is 28.0. The molecule has 0 aliphatic carbocycles. The number of carbonyl (C=O) groups is 1. The number of ether oxygens (including phenoxy) is 1. The van der Waals surface area contributed by atoms with Crippen LogP contribution >= 0.6 is 11.6 Å². The van der Waals surface area contributed by atoms with Crippen molar-refractivity contribution in [2.24, 2.45) is 0 Å². The number of hydrogen-bond acceptors (Lipinski definition) is 2. The van der Waals surface area contributed by atoms with Gasteiger partial charge in [0, 0.05) is 22.8 Å². The van der Waals surface area contributed by atoms with Crippen LogP contribution in [0.15, 0.2) is 54.7 Å². The number of hydrogen-bond donors (Lipinski definition) is 2. The van der Waals surface area contributed by atoms with Crippen molar-refractivity contribution in [2.45, 2.75) is 32.1 Å². The van der Waals surface area contributed by atoms with Gasteiger partial charge in [-0.3, -0.25) is 4.79 Å². The predicted octanol–water partition coefficient (Wildman–Crippen LogP) is 9.17. The highest BCUT2D eigenvalue weighted by atomic mass is 35.5. The molecule has 4 nitrogen and oxygen atoms in total. The SMILES string of the molecule is CC(C)c1c[nH]c2ccc(Oc3c(C(F)(F)F)cc(NC(=O)c4cc(F)ccc4Cl)cc3C(F)(F)F)cc12.